The molecule has 2 N–H and O–H groups in total. The minimum atomic E-state index is -0.00278. The molecule has 0 bridgehead atoms. The molecule has 86 valence electrons. The van der Waals surface area contributed by atoms with Gasteiger partial charge in [-0.25, -0.2) is 0 Å². The molecule has 16 heavy (non-hydrogen) atoms. The molecule has 0 saturated carbocycles. The van der Waals surface area contributed by atoms with Crippen molar-refractivity contribution in [2.24, 2.45) is 5.92 Å². The number of para-hydroxylation sites is 1. The summed E-state index contributed by atoms with van der Waals surface area (Å²) in [4.78, 5) is 11.1. The minimum absolute atomic E-state index is 0.00278. The van der Waals surface area contributed by atoms with Crippen molar-refractivity contribution in [1.82, 2.24) is 5.32 Å². The van der Waals surface area contributed by atoms with Crippen LogP contribution in [0.3, 0.4) is 0 Å². The molecule has 1 amide bonds. The zero-order chi connectivity index (χ0) is 11.4. The quantitative estimate of drug-likeness (QED) is 0.812. The smallest absolute Gasteiger partial charge is 0.221 e. The second kappa shape index (κ2) is 5.12. The lowest BCUT2D eigenvalue weighted by Gasteiger charge is -2.13. The van der Waals surface area contributed by atoms with E-state index in [4.69, 9.17) is 0 Å². The predicted molar refractivity (Wildman–Crippen MR) is 65.4 cm³/mol. The average Bonchev–Trinajstić information content (AvgIpc) is 2.73. The molecule has 1 heterocycles. The fourth-order valence-electron chi connectivity index (χ4n) is 2.21. The molecule has 2 rings (SSSR count). The van der Waals surface area contributed by atoms with Gasteiger partial charge in [-0.3, -0.25) is 4.79 Å². The highest BCUT2D eigenvalue weighted by Crippen LogP contribution is 2.21. The maximum Gasteiger partial charge on any atom is 0.221 e. The van der Waals surface area contributed by atoms with Gasteiger partial charge in [-0.1, -0.05) is 18.2 Å². The van der Waals surface area contributed by atoms with Gasteiger partial charge in [-0.05, 0) is 43.5 Å². The molecule has 3 heteroatoms. The fourth-order valence-corrected chi connectivity index (χ4v) is 2.21. The van der Waals surface area contributed by atoms with E-state index in [9.17, 15) is 4.79 Å². The highest BCUT2D eigenvalue weighted by atomic mass is 16.1. The third kappa shape index (κ3) is 2.83. The van der Waals surface area contributed by atoms with Crippen LogP contribution in [0.15, 0.2) is 24.3 Å². The second-order valence-electron chi connectivity index (χ2n) is 4.40. The summed E-state index contributed by atoms with van der Waals surface area (Å²) in [7, 11) is 0. The third-order valence-electron chi connectivity index (χ3n) is 3.00. The molecule has 0 aliphatic carbocycles. The molecule has 1 saturated heterocycles. The number of carbonyl (C=O) groups excluding carboxylic acids is 1. The highest BCUT2D eigenvalue weighted by molar-refractivity contribution is 5.89. The Hall–Kier alpha value is -1.35. The molecule has 1 atom stereocenters. The summed E-state index contributed by atoms with van der Waals surface area (Å²) in [6.45, 7) is 3.76. The molecule has 0 radical (unpaired) electrons. The first-order valence-electron chi connectivity index (χ1n) is 5.82. The Morgan fingerprint density at radius 1 is 1.50 bits per heavy atom. The van der Waals surface area contributed by atoms with Crippen molar-refractivity contribution in [3.63, 3.8) is 0 Å². The lowest BCUT2D eigenvalue weighted by atomic mass is 9.97. The van der Waals surface area contributed by atoms with Crippen molar-refractivity contribution in [2.45, 2.75) is 19.8 Å². The predicted octanol–water partition coefficient (Wildman–Crippen LogP) is 1.80. The molecule has 1 aromatic rings. The number of nitrogens with one attached hydrogen (secondary N) is 2. The van der Waals surface area contributed by atoms with Gasteiger partial charge in [0.1, 0.15) is 0 Å². The van der Waals surface area contributed by atoms with Gasteiger partial charge in [-0.15, -0.1) is 0 Å². The Bertz CT molecular complexity index is 370. The minimum Gasteiger partial charge on any atom is -0.326 e. The van der Waals surface area contributed by atoms with Gasteiger partial charge in [0.05, 0.1) is 0 Å². The van der Waals surface area contributed by atoms with E-state index in [1.807, 2.05) is 18.2 Å². The maximum absolute atomic E-state index is 11.1. The van der Waals surface area contributed by atoms with Gasteiger partial charge >= 0.3 is 0 Å². The van der Waals surface area contributed by atoms with Gasteiger partial charge < -0.3 is 10.6 Å². The fraction of sp³-hybridized carbons (Fsp3) is 0.462. The molecular formula is C13H18N2O. The zero-order valence-corrected chi connectivity index (χ0v) is 9.62. The number of rotatable bonds is 3. The molecule has 3 nitrogen and oxygen atoms in total. The van der Waals surface area contributed by atoms with E-state index >= 15 is 0 Å². The summed E-state index contributed by atoms with van der Waals surface area (Å²) < 4.78 is 0. The molecule has 0 aromatic heterocycles. The summed E-state index contributed by atoms with van der Waals surface area (Å²) in [6, 6.07) is 8.06. The first kappa shape index (κ1) is 11.1. The third-order valence-corrected chi connectivity index (χ3v) is 3.00. The molecule has 0 spiro atoms. The summed E-state index contributed by atoms with van der Waals surface area (Å²) >= 11 is 0. The SMILES string of the molecule is CC(=O)Nc1ccccc1CC1CCNC1. The Morgan fingerprint density at radius 3 is 3.00 bits per heavy atom. The van der Waals surface area contributed by atoms with Crippen LogP contribution in [0.5, 0.6) is 0 Å². The zero-order valence-electron chi connectivity index (χ0n) is 9.62. The summed E-state index contributed by atoms with van der Waals surface area (Å²) in [5.41, 5.74) is 2.20. The van der Waals surface area contributed by atoms with E-state index < -0.39 is 0 Å². The number of hydrogen-bond donors (Lipinski definition) is 2. The first-order chi connectivity index (χ1) is 7.75. The van der Waals surface area contributed by atoms with E-state index in [-0.39, 0.29) is 5.91 Å². The Kier molecular flexibility index (Phi) is 3.57. The highest BCUT2D eigenvalue weighted by Gasteiger charge is 2.16. The second-order valence-corrected chi connectivity index (χ2v) is 4.40. The van der Waals surface area contributed by atoms with Crippen LogP contribution in [0.25, 0.3) is 0 Å². The van der Waals surface area contributed by atoms with Crippen molar-refractivity contribution in [2.75, 3.05) is 18.4 Å². The number of benzene rings is 1. The van der Waals surface area contributed by atoms with Crippen molar-refractivity contribution in [3.05, 3.63) is 29.8 Å². The molecule has 1 aliphatic heterocycles. The molecule has 1 aromatic carbocycles. The van der Waals surface area contributed by atoms with E-state index in [1.54, 1.807) is 6.92 Å². The van der Waals surface area contributed by atoms with Gasteiger partial charge in [0.25, 0.3) is 0 Å². The maximum atomic E-state index is 11.1. The Balaban J connectivity index is 2.09. The van der Waals surface area contributed by atoms with E-state index in [1.165, 1.54) is 12.0 Å². The normalized spacial score (nSPS) is 19.7. The number of carbonyl (C=O) groups is 1. The van der Waals surface area contributed by atoms with E-state index in [0.29, 0.717) is 5.92 Å². The monoisotopic (exact) mass is 218 g/mol. The molecule has 1 aliphatic rings. The van der Waals surface area contributed by atoms with E-state index in [0.717, 1.165) is 25.2 Å². The van der Waals surface area contributed by atoms with Crippen LogP contribution < -0.4 is 10.6 Å². The Labute approximate surface area is 96.2 Å². The number of anilines is 1. The largest absolute Gasteiger partial charge is 0.326 e. The summed E-state index contributed by atoms with van der Waals surface area (Å²) in [5.74, 6) is 0.701. The van der Waals surface area contributed by atoms with Crippen LogP contribution in [0.2, 0.25) is 0 Å². The van der Waals surface area contributed by atoms with E-state index in [2.05, 4.69) is 16.7 Å². The first-order valence-corrected chi connectivity index (χ1v) is 5.82. The van der Waals surface area contributed by atoms with Gasteiger partial charge in [0.15, 0.2) is 0 Å². The van der Waals surface area contributed by atoms with Crippen molar-refractivity contribution in [1.29, 1.82) is 0 Å². The van der Waals surface area contributed by atoms with Crippen LogP contribution in [-0.2, 0) is 11.2 Å². The number of hydrogen-bond acceptors (Lipinski definition) is 2. The van der Waals surface area contributed by atoms with Crippen LogP contribution in [-0.4, -0.2) is 19.0 Å². The van der Waals surface area contributed by atoms with Crippen molar-refractivity contribution >= 4 is 11.6 Å². The standard InChI is InChI=1S/C13H18N2O/c1-10(16)15-13-5-3-2-4-12(13)8-11-6-7-14-9-11/h2-5,11,14H,6-9H2,1H3,(H,15,16). The van der Waals surface area contributed by atoms with Gasteiger partial charge in [0.2, 0.25) is 5.91 Å². The molecule has 1 unspecified atom stereocenters. The van der Waals surface area contributed by atoms with Gasteiger partial charge in [0, 0.05) is 12.6 Å². The van der Waals surface area contributed by atoms with Crippen LogP contribution in [0.1, 0.15) is 18.9 Å². The summed E-state index contributed by atoms with van der Waals surface area (Å²) in [6.07, 6.45) is 2.28. The molecular weight excluding hydrogens is 200 g/mol. The van der Waals surface area contributed by atoms with Crippen LogP contribution >= 0.6 is 0 Å². The van der Waals surface area contributed by atoms with Crippen molar-refractivity contribution < 1.29 is 4.79 Å². The Morgan fingerprint density at radius 2 is 2.31 bits per heavy atom. The number of amides is 1. The average molecular weight is 218 g/mol. The topological polar surface area (TPSA) is 41.1 Å². The lowest BCUT2D eigenvalue weighted by Crippen LogP contribution is -2.13. The van der Waals surface area contributed by atoms with Crippen molar-refractivity contribution in [3.8, 4) is 0 Å². The molecule has 1 fully saturated rings. The van der Waals surface area contributed by atoms with Crippen LogP contribution in [0.4, 0.5) is 5.69 Å². The summed E-state index contributed by atoms with van der Waals surface area (Å²) in [5, 5.41) is 6.25. The van der Waals surface area contributed by atoms with Gasteiger partial charge in [-0.2, -0.15) is 0 Å². The van der Waals surface area contributed by atoms with Crippen LogP contribution in [0, 0.1) is 5.92 Å². The lowest BCUT2D eigenvalue weighted by molar-refractivity contribution is -0.114.